The van der Waals surface area contributed by atoms with Crippen molar-refractivity contribution in [3.63, 3.8) is 0 Å². The van der Waals surface area contributed by atoms with Crippen LogP contribution >= 0.6 is 11.8 Å². The van der Waals surface area contributed by atoms with Crippen LogP contribution in [0.2, 0.25) is 0 Å². The number of carbonyl (C=O) groups is 2. The Morgan fingerprint density at radius 1 is 1.19 bits per heavy atom. The van der Waals surface area contributed by atoms with Gasteiger partial charge in [-0.15, -0.1) is 5.10 Å². The summed E-state index contributed by atoms with van der Waals surface area (Å²) in [6.45, 7) is 0. The highest BCUT2D eigenvalue weighted by molar-refractivity contribution is 8.15. The predicted molar refractivity (Wildman–Crippen MR) is 117 cm³/mol. The van der Waals surface area contributed by atoms with Crippen molar-refractivity contribution in [1.29, 1.82) is 0 Å². The van der Waals surface area contributed by atoms with E-state index < -0.39 is 17.1 Å². The summed E-state index contributed by atoms with van der Waals surface area (Å²) in [5.41, 5.74) is 2.96. The Morgan fingerprint density at radius 3 is 2.65 bits per heavy atom. The van der Waals surface area contributed by atoms with Crippen LogP contribution in [0.15, 0.2) is 71.0 Å². The molecule has 1 unspecified atom stereocenters. The predicted octanol–water partition coefficient (Wildman–Crippen LogP) is 2.64. The molecule has 1 saturated heterocycles. The van der Waals surface area contributed by atoms with Crippen LogP contribution in [-0.4, -0.2) is 48.5 Å². The molecule has 1 aliphatic rings. The van der Waals surface area contributed by atoms with E-state index in [0.717, 1.165) is 23.0 Å². The standard InChI is InChI=1S/C21H17N5O4S/c27-16-8-6-13(7-9-16)19-14(12-26(25-19)15-4-2-1-3-5-15)11-22-24-21-23-20(30)17(31-21)10-18(28)29/h1-9,11-12,17,27H,10H2,(H,28,29)(H,23,24,30)/b22-11-. The first-order chi connectivity index (χ1) is 15.0. The highest BCUT2D eigenvalue weighted by Gasteiger charge is 2.32. The Bertz CT molecular complexity index is 1170. The third kappa shape index (κ3) is 4.81. The molecule has 10 heteroatoms. The molecule has 1 aliphatic heterocycles. The van der Waals surface area contributed by atoms with E-state index in [1.807, 2.05) is 30.3 Å². The van der Waals surface area contributed by atoms with Gasteiger partial charge in [0.15, 0.2) is 5.17 Å². The van der Waals surface area contributed by atoms with Crippen LogP contribution in [-0.2, 0) is 9.59 Å². The minimum atomic E-state index is -1.05. The van der Waals surface area contributed by atoms with Gasteiger partial charge in [-0.3, -0.25) is 9.59 Å². The molecule has 2 aromatic carbocycles. The van der Waals surface area contributed by atoms with Crippen molar-refractivity contribution in [2.45, 2.75) is 11.7 Å². The van der Waals surface area contributed by atoms with Gasteiger partial charge in [0.1, 0.15) is 16.7 Å². The quantitative estimate of drug-likeness (QED) is 0.403. The molecular weight excluding hydrogens is 418 g/mol. The zero-order valence-corrected chi connectivity index (χ0v) is 16.9. The second-order valence-electron chi connectivity index (χ2n) is 6.60. The number of aromatic nitrogens is 2. The molecule has 0 bridgehead atoms. The number of thioether (sulfide) groups is 1. The highest BCUT2D eigenvalue weighted by atomic mass is 32.2. The number of hydrogen-bond donors (Lipinski definition) is 3. The number of nitrogens with one attached hydrogen (secondary N) is 1. The number of aliphatic carboxylic acids is 1. The molecule has 0 aliphatic carbocycles. The number of amidine groups is 1. The summed E-state index contributed by atoms with van der Waals surface area (Å²) in [6.07, 6.45) is 3.03. The zero-order chi connectivity index (χ0) is 21.8. The Hall–Kier alpha value is -3.92. The van der Waals surface area contributed by atoms with Gasteiger partial charge >= 0.3 is 5.97 Å². The summed E-state index contributed by atoms with van der Waals surface area (Å²) in [4.78, 5) is 22.6. The van der Waals surface area contributed by atoms with Crippen LogP contribution in [0.1, 0.15) is 12.0 Å². The summed E-state index contributed by atoms with van der Waals surface area (Å²) >= 11 is 1.03. The second-order valence-corrected chi connectivity index (χ2v) is 7.79. The van der Waals surface area contributed by atoms with E-state index in [2.05, 4.69) is 20.6 Å². The fraction of sp³-hybridized carbons (Fsp3) is 0.0952. The van der Waals surface area contributed by atoms with Crippen LogP contribution in [0.25, 0.3) is 16.9 Å². The molecule has 0 radical (unpaired) electrons. The maximum absolute atomic E-state index is 11.8. The molecule has 3 aromatic rings. The lowest BCUT2D eigenvalue weighted by Gasteiger charge is -2.00. The monoisotopic (exact) mass is 435 g/mol. The van der Waals surface area contributed by atoms with Gasteiger partial charge in [-0.1, -0.05) is 30.0 Å². The number of nitrogens with zero attached hydrogens (tertiary/aromatic N) is 4. The fourth-order valence-corrected chi connectivity index (χ4v) is 3.84. The van der Waals surface area contributed by atoms with Crippen LogP contribution in [0.4, 0.5) is 0 Å². The number of carboxylic acids is 1. The molecular formula is C21H17N5O4S. The van der Waals surface area contributed by atoms with Crippen molar-refractivity contribution >= 4 is 35.0 Å². The molecule has 3 N–H and O–H groups in total. The lowest BCUT2D eigenvalue weighted by atomic mass is 10.1. The smallest absolute Gasteiger partial charge is 0.305 e. The van der Waals surface area contributed by atoms with Crippen LogP contribution < -0.4 is 5.32 Å². The first-order valence-electron chi connectivity index (χ1n) is 9.24. The fourth-order valence-electron chi connectivity index (χ4n) is 2.93. The number of carboxylic acid groups (broad SMARTS) is 1. The number of hydrogen-bond acceptors (Lipinski definition) is 7. The number of rotatable bonds is 6. The van der Waals surface area contributed by atoms with Gasteiger partial charge in [0.25, 0.3) is 0 Å². The maximum atomic E-state index is 11.8. The molecule has 0 spiro atoms. The molecule has 1 atom stereocenters. The number of para-hydroxylation sites is 1. The normalized spacial score (nSPS) is 17.4. The molecule has 4 rings (SSSR count). The summed E-state index contributed by atoms with van der Waals surface area (Å²) < 4.78 is 1.71. The topological polar surface area (TPSA) is 129 Å². The molecule has 1 aromatic heterocycles. The van der Waals surface area contributed by atoms with Gasteiger partial charge in [-0.05, 0) is 36.4 Å². The third-order valence-corrected chi connectivity index (χ3v) is 5.46. The lowest BCUT2D eigenvalue weighted by molar-refractivity contribution is -0.138. The molecule has 9 nitrogen and oxygen atoms in total. The Kier molecular flexibility index (Phi) is 5.80. The number of aromatic hydroxyl groups is 1. The number of phenols is 1. The maximum Gasteiger partial charge on any atom is 0.305 e. The van der Waals surface area contributed by atoms with E-state index in [1.54, 1.807) is 35.1 Å². The van der Waals surface area contributed by atoms with Crippen molar-refractivity contribution in [1.82, 2.24) is 15.1 Å². The van der Waals surface area contributed by atoms with Crippen molar-refractivity contribution < 1.29 is 19.8 Å². The first kappa shape index (κ1) is 20.4. The number of benzene rings is 2. The van der Waals surface area contributed by atoms with E-state index >= 15 is 0 Å². The van der Waals surface area contributed by atoms with Crippen LogP contribution in [0.5, 0.6) is 5.75 Å². The van der Waals surface area contributed by atoms with Gasteiger partial charge in [0.2, 0.25) is 5.91 Å². The minimum absolute atomic E-state index is 0.151. The number of carbonyl (C=O) groups excluding carboxylic acids is 1. The Morgan fingerprint density at radius 2 is 1.94 bits per heavy atom. The minimum Gasteiger partial charge on any atom is -0.508 e. The van der Waals surface area contributed by atoms with Gasteiger partial charge < -0.3 is 15.5 Å². The molecule has 31 heavy (non-hydrogen) atoms. The highest BCUT2D eigenvalue weighted by Crippen LogP contribution is 2.25. The molecule has 1 fully saturated rings. The van der Waals surface area contributed by atoms with Gasteiger partial charge in [0, 0.05) is 17.3 Å². The van der Waals surface area contributed by atoms with E-state index in [-0.39, 0.29) is 17.3 Å². The van der Waals surface area contributed by atoms with Crippen molar-refractivity contribution in [3.05, 3.63) is 66.4 Å². The lowest BCUT2D eigenvalue weighted by Crippen LogP contribution is -2.26. The van der Waals surface area contributed by atoms with Gasteiger partial charge in [0.05, 0.1) is 18.3 Å². The van der Waals surface area contributed by atoms with E-state index in [9.17, 15) is 14.7 Å². The molecule has 2 heterocycles. The van der Waals surface area contributed by atoms with E-state index in [1.165, 1.54) is 6.21 Å². The first-order valence-corrected chi connectivity index (χ1v) is 10.1. The second kappa shape index (κ2) is 8.84. The summed E-state index contributed by atoms with van der Waals surface area (Å²) in [6, 6.07) is 16.2. The largest absolute Gasteiger partial charge is 0.508 e. The summed E-state index contributed by atoms with van der Waals surface area (Å²) in [5, 5.41) is 33.2. The Balaban J connectivity index is 1.62. The molecule has 1 amide bonds. The van der Waals surface area contributed by atoms with Crippen molar-refractivity contribution in [2.24, 2.45) is 10.2 Å². The average Bonchev–Trinajstić information content (AvgIpc) is 3.33. The van der Waals surface area contributed by atoms with Crippen molar-refractivity contribution in [3.8, 4) is 22.7 Å². The number of amides is 1. The van der Waals surface area contributed by atoms with Gasteiger partial charge in [-0.2, -0.15) is 10.2 Å². The third-order valence-electron chi connectivity index (χ3n) is 4.39. The van der Waals surface area contributed by atoms with Crippen molar-refractivity contribution in [2.75, 3.05) is 0 Å². The Labute approximate surface area is 181 Å². The molecule has 156 valence electrons. The zero-order valence-electron chi connectivity index (χ0n) is 16.0. The summed E-state index contributed by atoms with van der Waals surface area (Å²) in [5.74, 6) is -1.30. The van der Waals surface area contributed by atoms with Crippen LogP contribution in [0.3, 0.4) is 0 Å². The SMILES string of the molecule is O=C(O)CC1S/C(=N\N=C/c2cn(-c3ccccc3)nc2-c2ccc(O)cc2)NC1=O. The van der Waals surface area contributed by atoms with Crippen LogP contribution in [0, 0.1) is 0 Å². The van der Waals surface area contributed by atoms with Gasteiger partial charge in [-0.25, -0.2) is 4.68 Å². The molecule has 0 saturated carbocycles. The average molecular weight is 435 g/mol. The number of phenolic OH excluding ortho intramolecular Hbond substituents is 1. The van der Waals surface area contributed by atoms with E-state index in [0.29, 0.717) is 11.3 Å². The summed E-state index contributed by atoms with van der Waals surface area (Å²) in [7, 11) is 0. The van der Waals surface area contributed by atoms with E-state index in [4.69, 9.17) is 5.11 Å².